The molecule has 2 heteroatoms. The van der Waals surface area contributed by atoms with E-state index in [-0.39, 0.29) is 6.04 Å². The minimum atomic E-state index is 0.253. The van der Waals surface area contributed by atoms with E-state index < -0.39 is 0 Å². The maximum absolute atomic E-state index is 6.16. The Morgan fingerprint density at radius 3 is 2.65 bits per heavy atom. The van der Waals surface area contributed by atoms with Crippen LogP contribution in [-0.4, -0.2) is 13.2 Å². The molecule has 0 aliphatic rings. The number of ether oxygens (including phenoxy) is 1. The molecule has 2 nitrogen and oxygen atoms in total. The van der Waals surface area contributed by atoms with Crippen molar-refractivity contribution in [3.05, 3.63) is 29.8 Å². The van der Waals surface area contributed by atoms with Gasteiger partial charge in [-0.3, -0.25) is 0 Å². The minimum Gasteiger partial charge on any atom is -0.496 e. The van der Waals surface area contributed by atoms with Crippen LogP contribution in [0.4, 0.5) is 0 Å². The van der Waals surface area contributed by atoms with Crippen LogP contribution in [-0.2, 0) is 6.42 Å². The number of benzene rings is 1. The molecule has 0 bridgehead atoms. The summed E-state index contributed by atoms with van der Waals surface area (Å²) in [6.07, 6.45) is 7.16. The zero-order valence-corrected chi connectivity index (χ0v) is 11.1. The molecular formula is C15H25NO. The molecule has 0 amide bonds. The first-order valence-electron chi connectivity index (χ1n) is 6.65. The highest BCUT2D eigenvalue weighted by molar-refractivity contribution is 5.33. The Kier molecular flexibility index (Phi) is 6.71. The van der Waals surface area contributed by atoms with Gasteiger partial charge in [-0.05, 0) is 24.5 Å². The first-order valence-corrected chi connectivity index (χ1v) is 6.65. The van der Waals surface area contributed by atoms with Gasteiger partial charge in [-0.15, -0.1) is 0 Å². The number of hydrogen-bond donors (Lipinski definition) is 1. The average Bonchev–Trinajstić information content (AvgIpc) is 2.35. The van der Waals surface area contributed by atoms with E-state index in [1.807, 2.05) is 18.2 Å². The van der Waals surface area contributed by atoms with Gasteiger partial charge in [0.25, 0.3) is 0 Å². The zero-order valence-electron chi connectivity index (χ0n) is 11.1. The SMILES string of the molecule is CCCCCCC(N)Cc1ccccc1OC. The molecule has 0 spiro atoms. The van der Waals surface area contributed by atoms with E-state index in [0.717, 1.165) is 18.6 Å². The quantitative estimate of drug-likeness (QED) is 0.699. The third-order valence-corrected chi connectivity index (χ3v) is 3.10. The van der Waals surface area contributed by atoms with Crippen LogP contribution in [0.15, 0.2) is 24.3 Å². The van der Waals surface area contributed by atoms with Crippen LogP contribution in [0.25, 0.3) is 0 Å². The molecular weight excluding hydrogens is 210 g/mol. The van der Waals surface area contributed by atoms with Gasteiger partial charge >= 0.3 is 0 Å². The fourth-order valence-electron chi connectivity index (χ4n) is 2.09. The van der Waals surface area contributed by atoms with Crippen LogP contribution >= 0.6 is 0 Å². The standard InChI is InChI=1S/C15H25NO/c1-3-4-5-6-10-14(16)12-13-9-7-8-11-15(13)17-2/h7-9,11,14H,3-6,10,12,16H2,1-2H3. The van der Waals surface area contributed by atoms with Crippen molar-refractivity contribution in [2.45, 2.75) is 51.5 Å². The lowest BCUT2D eigenvalue weighted by molar-refractivity contribution is 0.406. The number of unbranched alkanes of at least 4 members (excludes halogenated alkanes) is 3. The summed E-state index contributed by atoms with van der Waals surface area (Å²) in [5.41, 5.74) is 7.38. The minimum absolute atomic E-state index is 0.253. The maximum atomic E-state index is 6.16. The van der Waals surface area contributed by atoms with Gasteiger partial charge in [0, 0.05) is 6.04 Å². The van der Waals surface area contributed by atoms with Gasteiger partial charge < -0.3 is 10.5 Å². The van der Waals surface area contributed by atoms with Crippen LogP contribution < -0.4 is 10.5 Å². The second-order valence-electron chi connectivity index (χ2n) is 4.63. The lowest BCUT2D eigenvalue weighted by atomic mass is 10.0. The molecule has 0 aliphatic heterocycles. The first-order chi connectivity index (χ1) is 8.27. The Hall–Kier alpha value is -1.02. The van der Waals surface area contributed by atoms with Crippen LogP contribution in [0.5, 0.6) is 5.75 Å². The van der Waals surface area contributed by atoms with Gasteiger partial charge in [-0.25, -0.2) is 0 Å². The number of nitrogens with two attached hydrogens (primary N) is 1. The second-order valence-corrected chi connectivity index (χ2v) is 4.63. The highest BCUT2D eigenvalue weighted by Crippen LogP contribution is 2.19. The van der Waals surface area contributed by atoms with Gasteiger partial charge in [-0.2, -0.15) is 0 Å². The molecule has 1 aromatic carbocycles. The Morgan fingerprint density at radius 2 is 1.94 bits per heavy atom. The lowest BCUT2D eigenvalue weighted by Gasteiger charge is -2.14. The molecule has 1 atom stereocenters. The van der Waals surface area contributed by atoms with Crippen LogP contribution in [0.1, 0.15) is 44.6 Å². The molecule has 1 aromatic rings. The van der Waals surface area contributed by atoms with Gasteiger partial charge in [0.1, 0.15) is 5.75 Å². The van der Waals surface area contributed by atoms with Gasteiger partial charge in [0.05, 0.1) is 7.11 Å². The van der Waals surface area contributed by atoms with E-state index in [0.29, 0.717) is 0 Å². The van der Waals surface area contributed by atoms with E-state index in [1.54, 1.807) is 7.11 Å². The Bertz CT molecular complexity index is 312. The number of hydrogen-bond acceptors (Lipinski definition) is 2. The lowest BCUT2D eigenvalue weighted by Crippen LogP contribution is -2.22. The largest absolute Gasteiger partial charge is 0.496 e. The van der Waals surface area contributed by atoms with E-state index in [2.05, 4.69) is 13.0 Å². The van der Waals surface area contributed by atoms with Crippen molar-refractivity contribution in [1.82, 2.24) is 0 Å². The van der Waals surface area contributed by atoms with Crippen LogP contribution in [0.2, 0.25) is 0 Å². The smallest absolute Gasteiger partial charge is 0.122 e. The molecule has 0 saturated carbocycles. The molecule has 0 heterocycles. The van der Waals surface area contributed by atoms with Crippen molar-refractivity contribution >= 4 is 0 Å². The first kappa shape index (κ1) is 14.0. The van der Waals surface area contributed by atoms with Crippen molar-refractivity contribution in [2.75, 3.05) is 7.11 Å². The summed E-state index contributed by atoms with van der Waals surface area (Å²) in [5.74, 6) is 0.955. The van der Waals surface area contributed by atoms with E-state index in [9.17, 15) is 0 Å². The van der Waals surface area contributed by atoms with E-state index in [1.165, 1.54) is 31.2 Å². The molecule has 0 saturated heterocycles. The highest BCUT2D eigenvalue weighted by Gasteiger charge is 2.07. The van der Waals surface area contributed by atoms with E-state index in [4.69, 9.17) is 10.5 Å². The third-order valence-electron chi connectivity index (χ3n) is 3.10. The van der Waals surface area contributed by atoms with Crippen LogP contribution in [0, 0.1) is 0 Å². The van der Waals surface area contributed by atoms with Gasteiger partial charge in [0.2, 0.25) is 0 Å². The van der Waals surface area contributed by atoms with Crippen molar-refractivity contribution in [3.63, 3.8) is 0 Å². The van der Waals surface area contributed by atoms with Crippen molar-refractivity contribution in [3.8, 4) is 5.75 Å². The van der Waals surface area contributed by atoms with Crippen molar-refractivity contribution in [1.29, 1.82) is 0 Å². The Labute approximate surface area is 105 Å². The van der Waals surface area contributed by atoms with Crippen LogP contribution in [0.3, 0.4) is 0 Å². The summed E-state index contributed by atoms with van der Waals surface area (Å²) in [6.45, 7) is 2.23. The monoisotopic (exact) mass is 235 g/mol. The predicted molar refractivity (Wildman–Crippen MR) is 73.4 cm³/mol. The number of para-hydroxylation sites is 1. The molecule has 0 fully saturated rings. The van der Waals surface area contributed by atoms with Gasteiger partial charge in [0.15, 0.2) is 0 Å². The zero-order chi connectivity index (χ0) is 12.5. The fraction of sp³-hybridized carbons (Fsp3) is 0.600. The third kappa shape index (κ3) is 5.22. The van der Waals surface area contributed by atoms with E-state index >= 15 is 0 Å². The fourth-order valence-corrected chi connectivity index (χ4v) is 2.09. The maximum Gasteiger partial charge on any atom is 0.122 e. The number of rotatable bonds is 8. The van der Waals surface area contributed by atoms with Gasteiger partial charge in [-0.1, -0.05) is 50.8 Å². The number of methoxy groups -OCH3 is 1. The molecule has 1 unspecified atom stereocenters. The summed E-state index contributed by atoms with van der Waals surface area (Å²) in [6, 6.07) is 8.39. The summed E-state index contributed by atoms with van der Waals surface area (Å²) < 4.78 is 5.33. The molecule has 0 aliphatic carbocycles. The molecule has 96 valence electrons. The molecule has 0 aromatic heterocycles. The topological polar surface area (TPSA) is 35.2 Å². The molecule has 2 N–H and O–H groups in total. The molecule has 1 rings (SSSR count). The Morgan fingerprint density at radius 1 is 1.18 bits per heavy atom. The Balaban J connectivity index is 2.36. The summed E-state index contributed by atoms with van der Waals surface area (Å²) in [5, 5.41) is 0. The summed E-state index contributed by atoms with van der Waals surface area (Å²) in [7, 11) is 1.71. The van der Waals surface area contributed by atoms with Crippen molar-refractivity contribution < 1.29 is 4.74 Å². The normalized spacial score (nSPS) is 12.4. The summed E-state index contributed by atoms with van der Waals surface area (Å²) in [4.78, 5) is 0. The molecule has 17 heavy (non-hydrogen) atoms. The van der Waals surface area contributed by atoms with Crippen molar-refractivity contribution in [2.24, 2.45) is 5.73 Å². The average molecular weight is 235 g/mol. The predicted octanol–water partition coefficient (Wildman–Crippen LogP) is 3.54. The summed E-state index contributed by atoms with van der Waals surface area (Å²) >= 11 is 0. The second kappa shape index (κ2) is 8.13. The molecule has 0 radical (unpaired) electrons. The highest BCUT2D eigenvalue weighted by atomic mass is 16.5.